The highest BCUT2D eigenvalue weighted by atomic mass is 15.2. The Bertz CT molecular complexity index is 302. The smallest absolute Gasteiger partial charge is 0.105 e. The highest BCUT2D eigenvalue weighted by molar-refractivity contribution is 5.04. The summed E-state index contributed by atoms with van der Waals surface area (Å²) < 4.78 is 0. The van der Waals surface area contributed by atoms with E-state index in [0.717, 1.165) is 12.3 Å². The summed E-state index contributed by atoms with van der Waals surface area (Å²) in [6.07, 6.45) is 7.60. The van der Waals surface area contributed by atoms with E-state index in [0.29, 0.717) is 12.1 Å². The maximum Gasteiger partial charge on any atom is 0.105 e. The lowest BCUT2D eigenvalue weighted by Crippen LogP contribution is -2.48. The van der Waals surface area contributed by atoms with Gasteiger partial charge in [0.15, 0.2) is 0 Å². The number of hydrogen-bond donors (Lipinski definition) is 1. The van der Waals surface area contributed by atoms with Crippen LogP contribution in [-0.2, 0) is 0 Å². The second-order valence-electron chi connectivity index (χ2n) is 6.50. The van der Waals surface area contributed by atoms with Crippen LogP contribution < -0.4 is 5.32 Å². The molecule has 1 N–H and O–H groups in total. The third-order valence-corrected chi connectivity index (χ3v) is 5.17. The van der Waals surface area contributed by atoms with E-state index >= 15 is 0 Å². The molecule has 0 heterocycles. The van der Waals surface area contributed by atoms with Crippen LogP contribution in [0.2, 0.25) is 0 Å². The Morgan fingerprint density at radius 2 is 1.95 bits per heavy atom. The Balaban J connectivity index is 2.49. The van der Waals surface area contributed by atoms with Crippen LogP contribution in [0.4, 0.5) is 0 Å². The summed E-state index contributed by atoms with van der Waals surface area (Å²) in [7, 11) is 4.11. The van der Waals surface area contributed by atoms with Crippen LogP contribution in [0.25, 0.3) is 0 Å². The molecule has 0 bridgehead atoms. The van der Waals surface area contributed by atoms with Crippen LogP contribution in [0.3, 0.4) is 0 Å². The number of nitriles is 1. The molecule has 2 atom stereocenters. The van der Waals surface area contributed by atoms with Crippen molar-refractivity contribution < 1.29 is 0 Å². The van der Waals surface area contributed by atoms with Crippen LogP contribution in [0, 0.1) is 17.2 Å². The predicted octanol–water partition coefficient (Wildman–Crippen LogP) is 3.17. The van der Waals surface area contributed by atoms with Crippen molar-refractivity contribution in [3.05, 3.63) is 0 Å². The number of hydrogen-bond acceptors (Lipinski definition) is 3. The van der Waals surface area contributed by atoms with Gasteiger partial charge in [0.2, 0.25) is 0 Å². The molecule has 0 aromatic carbocycles. The topological polar surface area (TPSA) is 39.1 Å². The monoisotopic (exact) mass is 265 g/mol. The van der Waals surface area contributed by atoms with Gasteiger partial charge in [0.05, 0.1) is 6.07 Å². The summed E-state index contributed by atoms with van der Waals surface area (Å²) in [5, 5.41) is 12.4. The van der Waals surface area contributed by atoms with Gasteiger partial charge in [-0.25, -0.2) is 0 Å². The quantitative estimate of drug-likeness (QED) is 0.802. The van der Waals surface area contributed by atoms with E-state index < -0.39 is 5.54 Å². The lowest BCUT2D eigenvalue weighted by Gasteiger charge is -2.39. The standard InChI is InChI=1S/C16H31N3/c1-6-14-7-9-15(10-8-14)19(5)13(2)11-16(3,12-17)18-4/h13-15,18H,6-11H2,1-5H3. The minimum absolute atomic E-state index is 0.408. The molecule has 0 aromatic rings. The Kier molecular flexibility index (Phi) is 6.29. The summed E-state index contributed by atoms with van der Waals surface area (Å²) in [6, 6.07) is 3.55. The number of nitrogens with zero attached hydrogens (tertiary/aromatic N) is 2. The molecule has 1 aliphatic carbocycles. The molecule has 3 nitrogen and oxygen atoms in total. The van der Waals surface area contributed by atoms with Gasteiger partial charge < -0.3 is 10.2 Å². The van der Waals surface area contributed by atoms with Gasteiger partial charge in [-0.15, -0.1) is 0 Å². The van der Waals surface area contributed by atoms with Crippen LogP contribution in [0.5, 0.6) is 0 Å². The number of rotatable bonds is 6. The normalized spacial score (nSPS) is 28.7. The maximum atomic E-state index is 9.26. The molecular weight excluding hydrogens is 234 g/mol. The van der Waals surface area contributed by atoms with Gasteiger partial charge >= 0.3 is 0 Å². The Morgan fingerprint density at radius 1 is 1.37 bits per heavy atom. The minimum atomic E-state index is -0.408. The summed E-state index contributed by atoms with van der Waals surface area (Å²) in [5.74, 6) is 0.946. The molecule has 1 fully saturated rings. The Hall–Kier alpha value is -0.590. The average molecular weight is 265 g/mol. The van der Waals surface area contributed by atoms with Gasteiger partial charge in [0.1, 0.15) is 5.54 Å². The van der Waals surface area contributed by atoms with Gasteiger partial charge in [-0.05, 0) is 66.0 Å². The molecule has 0 spiro atoms. The zero-order valence-electron chi connectivity index (χ0n) is 13.4. The molecule has 2 unspecified atom stereocenters. The lowest BCUT2D eigenvalue weighted by molar-refractivity contribution is 0.112. The van der Waals surface area contributed by atoms with Crippen molar-refractivity contribution in [1.82, 2.24) is 10.2 Å². The van der Waals surface area contributed by atoms with Crippen molar-refractivity contribution in [2.45, 2.75) is 76.9 Å². The third-order valence-electron chi connectivity index (χ3n) is 5.17. The molecule has 1 aliphatic rings. The Morgan fingerprint density at radius 3 is 2.37 bits per heavy atom. The SMILES string of the molecule is CCC1CCC(N(C)C(C)CC(C)(C#N)NC)CC1. The average Bonchev–Trinajstić information content (AvgIpc) is 2.46. The van der Waals surface area contributed by atoms with Crippen molar-refractivity contribution in [3.8, 4) is 6.07 Å². The van der Waals surface area contributed by atoms with Crippen molar-refractivity contribution in [2.24, 2.45) is 5.92 Å². The first kappa shape index (κ1) is 16.5. The summed E-state index contributed by atoms with van der Waals surface area (Å²) in [6.45, 7) is 6.55. The van der Waals surface area contributed by atoms with Gasteiger partial charge in [-0.2, -0.15) is 5.26 Å². The van der Waals surface area contributed by atoms with E-state index in [1.54, 1.807) is 0 Å². The van der Waals surface area contributed by atoms with Crippen molar-refractivity contribution in [3.63, 3.8) is 0 Å². The Labute approximate surface area is 119 Å². The molecule has 3 heteroatoms. The van der Waals surface area contributed by atoms with Crippen molar-refractivity contribution >= 4 is 0 Å². The first-order chi connectivity index (χ1) is 8.95. The van der Waals surface area contributed by atoms with E-state index in [-0.39, 0.29) is 0 Å². The fourth-order valence-electron chi connectivity index (χ4n) is 3.26. The number of nitrogens with one attached hydrogen (secondary N) is 1. The molecule has 0 amide bonds. The minimum Gasteiger partial charge on any atom is -0.303 e. The molecular formula is C16H31N3. The predicted molar refractivity (Wildman–Crippen MR) is 81.0 cm³/mol. The van der Waals surface area contributed by atoms with Crippen molar-refractivity contribution in [2.75, 3.05) is 14.1 Å². The molecule has 0 aliphatic heterocycles. The van der Waals surface area contributed by atoms with Gasteiger partial charge in [0.25, 0.3) is 0 Å². The van der Waals surface area contributed by atoms with Crippen LogP contribution in [-0.4, -0.2) is 36.6 Å². The summed E-state index contributed by atoms with van der Waals surface area (Å²) in [4.78, 5) is 2.50. The fourth-order valence-corrected chi connectivity index (χ4v) is 3.26. The molecule has 110 valence electrons. The first-order valence-corrected chi connectivity index (χ1v) is 7.77. The highest BCUT2D eigenvalue weighted by Crippen LogP contribution is 2.30. The molecule has 0 aromatic heterocycles. The van der Waals surface area contributed by atoms with E-state index in [4.69, 9.17) is 0 Å². The molecule has 0 saturated heterocycles. The van der Waals surface area contributed by atoms with Crippen LogP contribution in [0.15, 0.2) is 0 Å². The van der Waals surface area contributed by atoms with Gasteiger partial charge in [0, 0.05) is 12.1 Å². The molecule has 1 saturated carbocycles. The van der Waals surface area contributed by atoms with Crippen molar-refractivity contribution in [1.29, 1.82) is 5.26 Å². The second-order valence-corrected chi connectivity index (χ2v) is 6.50. The summed E-state index contributed by atoms with van der Waals surface area (Å²) >= 11 is 0. The maximum absolute atomic E-state index is 9.26. The molecule has 0 radical (unpaired) electrons. The molecule has 1 rings (SSSR count). The zero-order valence-corrected chi connectivity index (χ0v) is 13.4. The van der Waals surface area contributed by atoms with E-state index in [2.05, 4.69) is 37.2 Å². The van der Waals surface area contributed by atoms with E-state index in [1.807, 2.05) is 14.0 Å². The fraction of sp³-hybridized carbons (Fsp3) is 0.938. The summed E-state index contributed by atoms with van der Waals surface area (Å²) in [5.41, 5.74) is -0.408. The first-order valence-electron chi connectivity index (χ1n) is 7.77. The van der Waals surface area contributed by atoms with Gasteiger partial charge in [-0.1, -0.05) is 13.3 Å². The lowest BCUT2D eigenvalue weighted by atomic mass is 9.83. The van der Waals surface area contributed by atoms with E-state index in [9.17, 15) is 5.26 Å². The second kappa shape index (κ2) is 7.26. The van der Waals surface area contributed by atoms with Crippen LogP contribution in [0.1, 0.15) is 59.3 Å². The zero-order chi connectivity index (χ0) is 14.5. The molecule has 19 heavy (non-hydrogen) atoms. The van der Waals surface area contributed by atoms with Crippen LogP contribution >= 0.6 is 0 Å². The highest BCUT2D eigenvalue weighted by Gasteiger charge is 2.30. The largest absolute Gasteiger partial charge is 0.303 e. The third kappa shape index (κ3) is 4.47. The van der Waals surface area contributed by atoms with E-state index in [1.165, 1.54) is 32.1 Å². The van der Waals surface area contributed by atoms with Gasteiger partial charge in [-0.3, -0.25) is 0 Å².